The molecule has 1 amide bonds. The number of nitrogens with one attached hydrogen (secondary N) is 1. The highest BCUT2D eigenvalue weighted by molar-refractivity contribution is 5.80. The molecule has 114 valence electrons. The Morgan fingerprint density at radius 1 is 1.24 bits per heavy atom. The zero-order chi connectivity index (χ0) is 15.3. The highest BCUT2D eigenvalue weighted by Gasteiger charge is 2.27. The second kappa shape index (κ2) is 6.76. The number of carbonyl (C=O) groups excluding carboxylic acids is 1. The van der Waals surface area contributed by atoms with Gasteiger partial charge in [0.05, 0.1) is 13.1 Å². The number of halogens is 3. The van der Waals surface area contributed by atoms with Gasteiger partial charge >= 0.3 is 6.18 Å². The summed E-state index contributed by atoms with van der Waals surface area (Å²) < 4.78 is 36.0. The van der Waals surface area contributed by atoms with Gasteiger partial charge in [0.1, 0.15) is 0 Å². The summed E-state index contributed by atoms with van der Waals surface area (Å²) in [6.07, 6.45) is -1.61. The van der Waals surface area contributed by atoms with Gasteiger partial charge < -0.3 is 10.2 Å². The average molecular weight is 298 g/mol. The summed E-state index contributed by atoms with van der Waals surface area (Å²) in [6, 6.07) is 9.86. The molecule has 6 heteroatoms. The Morgan fingerprint density at radius 3 is 2.52 bits per heavy atom. The molecule has 2 rings (SSSR count). The number of benzene rings is 1. The van der Waals surface area contributed by atoms with Crippen LogP contribution in [0.5, 0.6) is 0 Å². The van der Waals surface area contributed by atoms with Gasteiger partial charge in [-0.1, -0.05) is 36.4 Å². The molecule has 0 radical (unpaired) electrons. The van der Waals surface area contributed by atoms with Crippen molar-refractivity contribution in [1.29, 1.82) is 0 Å². The van der Waals surface area contributed by atoms with Crippen LogP contribution in [0.25, 0.3) is 5.57 Å². The van der Waals surface area contributed by atoms with Crippen LogP contribution in [0.1, 0.15) is 12.0 Å². The van der Waals surface area contributed by atoms with Crippen molar-refractivity contribution in [2.24, 2.45) is 0 Å². The van der Waals surface area contributed by atoms with Crippen LogP contribution >= 0.6 is 0 Å². The minimum absolute atomic E-state index is 0.284. The number of hydrogen-bond donors (Lipinski definition) is 1. The lowest BCUT2D eigenvalue weighted by Gasteiger charge is -2.27. The molecule has 1 aliphatic heterocycles. The number of carbonyl (C=O) groups is 1. The highest BCUT2D eigenvalue weighted by atomic mass is 19.4. The lowest BCUT2D eigenvalue weighted by molar-refractivity contribution is -0.133. The monoisotopic (exact) mass is 298 g/mol. The van der Waals surface area contributed by atoms with Crippen molar-refractivity contribution in [2.75, 3.05) is 26.2 Å². The van der Waals surface area contributed by atoms with Crippen molar-refractivity contribution < 1.29 is 18.0 Å². The van der Waals surface area contributed by atoms with Gasteiger partial charge in [0.25, 0.3) is 0 Å². The van der Waals surface area contributed by atoms with Crippen molar-refractivity contribution in [3.8, 4) is 0 Å². The Morgan fingerprint density at radius 2 is 1.95 bits per heavy atom. The smallest absolute Gasteiger partial charge is 0.338 e. The van der Waals surface area contributed by atoms with E-state index in [2.05, 4.69) is 5.32 Å². The first-order valence-electron chi connectivity index (χ1n) is 6.75. The van der Waals surface area contributed by atoms with E-state index < -0.39 is 12.7 Å². The Labute approximate surface area is 121 Å². The van der Waals surface area contributed by atoms with E-state index in [1.807, 2.05) is 36.4 Å². The van der Waals surface area contributed by atoms with Gasteiger partial charge in [0.15, 0.2) is 0 Å². The van der Waals surface area contributed by atoms with Crippen molar-refractivity contribution in [1.82, 2.24) is 10.2 Å². The van der Waals surface area contributed by atoms with Crippen LogP contribution in [0.2, 0.25) is 0 Å². The van der Waals surface area contributed by atoms with E-state index in [1.165, 1.54) is 5.57 Å². The molecule has 3 nitrogen and oxygen atoms in total. The first-order valence-corrected chi connectivity index (χ1v) is 6.75. The number of amides is 1. The molecule has 0 fully saturated rings. The van der Waals surface area contributed by atoms with Gasteiger partial charge in [-0.3, -0.25) is 4.79 Å². The molecule has 1 heterocycles. The van der Waals surface area contributed by atoms with Crippen LogP contribution in [0, 0.1) is 0 Å². The van der Waals surface area contributed by atoms with Crippen LogP contribution in [0.15, 0.2) is 36.4 Å². The maximum Gasteiger partial charge on any atom is 0.401 e. The lowest BCUT2D eigenvalue weighted by Crippen LogP contribution is -2.42. The van der Waals surface area contributed by atoms with E-state index in [9.17, 15) is 18.0 Å². The number of alkyl halides is 3. The Hall–Kier alpha value is -1.82. The summed E-state index contributed by atoms with van der Waals surface area (Å²) in [5, 5.41) is 2.13. The normalized spacial score (nSPS) is 15.8. The second-order valence-electron chi connectivity index (χ2n) is 4.90. The Bertz CT molecular complexity index is 511. The minimum atomic E-state index is -4.29. The Balaban J connectivity index is 1.83. The maximum absolute atomic E-state index is 12.0. The van der Waals surface area contributed by atoms with E-state index in [0.29, 0.717) is 13.1 Å². The molecule has 0 saturated heterocycles. The van der Waals surface area contributed by atoms with E-state index in [4.69, 9.17) is 0 Å². The van der Waals surface area contributed by atoms with Crippen molar-refractivity contribution in [3.05, 3.63) is 42.0 Å². The molecule has 0 saturated carbocycles. The standard InChI is InChI=1S/C15H17F3N2O/c16-15(17,18)11-19-10-14(21)20-8-6-13(7-9-20)12-4-2-1-3-5-12/h1-6,19H,7-11H2. The quantitative estimate of drug-likeness (QED) is 0.926. The van der Waals surface area contributed by atoms with Gasteiger partial charge in [-0.15, -0.1) is 0 Å². The summed E-state index contributed by atoms with van der Waals surface area (Å²) in [4.78, 5) is 13.4. The van der Waals surface area contributed by atoms with Crippen LogP contribution in [-0.2, 0) is 4.79 Å². The minimum Gasteiger partial charge on any atom is -0.338 e. The highest BCUT2D eigenvalue weighted by Crippen LogP contribution is 2.21. The van der Waals surface area contributed by atoms with Crippen LogP contribution in [-0.4, -0.2) is 43.2 Å². The zero-order valence-corrected chi connectivity index (χ0v) is 11.5. The van der Waals surface area contributed by atoms with E-state index in [-0.39, 0.29) is 12.5 Å². The predicted octanol–water partition coefficient (Wildman–Crippen LogP) is 2.45. The van der Waals surface area contributed by atoms with Gasteiger partial charge in [-0.2, -0.15) is 13.2 Å². The number of hydrogen-bond acceptors (Lipinski definition) is 2. The average Bonchev–Trinajstić information content (AvgIpc) is 2.47. The van der Waals surface area contributed by atoms with Gasteiger partial charge in [-0.25, -0.2) is 0 Å². The fraction of sp³-hybridized carbons (Fsp3) is 0.400. The van der Waals surface area contributed by atoms with Gasteiger partial charge in [0, 0.05) is 13.1 Å². The molecule has 1 aromatic rings. The van der Waals surface area contributed by atoms with Crippen LogP contribution in [0.3, 0.4) is 0 Å². The van der Waals surface area contributed by atoms with Gasteiger partial charge in [0.2, 0.25) is 5.91 Å². The molecule has 1 N–H and O–H groups in total. The Kier molecular flexibility index (Phi) is 5.01. The van der Waals surface area contributed by atoms with Crippen molar-refractivity contribution >= 4 is 11.5 Å². The largest absolute Gasteiger partial charge is 0.401 e. The number of nitrogens with zero attached hydrogens (tertiary/aromatic N) is 1. The predicted molar refractivity (Wildman–Crippen MR) is 74.5 cm³/mol. The van der Waals surface area contributed by atoms with Gasteiger partial charge in [-0.05, 0) is 17.6 Å². The molecule has 0 bridgehead atoms. The molecular weight excluding hydrogens is 281 g/mol. The molecule has 0 atom stereocenters. The van der Waals surface area contributed by atoms with Crippen LogP contribution < -0.4 is 5.32 Å². The topological polar surface area (TPSA) is 32.3 Å². The third-order valence-electron chi connectivity index (χ3n) is 3.31. The molecule has 0 spiro atoms. The third-order valence-corrected chi connectivity index (χ3v) is 3.31. The molecule has 0 aliphatic carbocycles. The zero-order valence-electron chi connectivity index (χ0n) is 11.5. The van der Waals surface area contributed by atoms with Crippen LogP contribution in [0.4, 0.5) is 13.2 Å². The fourth-order valence-electron chi connectivity index (χ4n) is 2.23. The first-order chi connectivity index (χ1) is 9.96. The summed E-state index contributed by atoms with van der Waals surface area (Å²) in [5.74, 6) is -0.303. The summed E-state index contributed by atoms with van der Waals surface area (Å²) in [7, 11) is 0. The summed E-state index contributed by atoms with van der Waals surface area (Å²) >= 11 is 0. The molecular formula is C15H17F3N2O. The molecule has 0 unspecified atom stereocenters. The maximum atomic E-state index is 12.0. The van der Waals surface area contributed by atoms with Crippen molar-refractivity contribution in [2.45, 2.75) is 12.6 Å². The third kappa shape index (κ3) is 4.90. The molecule has 21 heavy (non-hydrogen) atoms. The second-order valence-corrected chi connectivity index (χ2v) is 4.90. The number of rotatable bonds is 4. The molecule has 1 aliphatic rings. The fourth-order valence-corrected chi connectivity index (χ4v) is 2.23. The SMILES string of the molecule is O=C(CNCC(F)(F)F)N1CC=C(c2ccccc2)CC1. The van der Waals surface area contributed by atoms with E-state index >= 15 is 0 Å². The van der Waals surface area contributed by atoms with E-state index in [1.54, 1.807) is 4.90 Å². The summed E-state index contributed by atoms with van der Waals surface area (Å²) in [5.41, 5.74) is 2.29. The summed E-state index contributed by atoms with van der Waals surface area (Å²) in [6.45, 7) is -0.449. The molecule has 0 aromatic heterocycles. The lowest BCUT2D eigenvalue weighted by atomic mass is 9.99. The molecule has 1 aromatic carbocycles. The first kappa shape index (κ1) is 15.6. The van der Waals surface area contributed by atoms with E-state index in [0.717, 1.165) is 12.0 Å². The van der Waals surface area contributed by atoms with Crippen molar-refractivity contribution in [3.63, 3.8) is 0 Å².